The minimum Gasteiger partial charge on any atom is -0.288 e. The third-order valence-corrected chi connectivity index (χ3v) is 2.41. The van der Waals surface area contributed by atoms with E-state index in [1.165, 1.54) is 23.1 Å². The molecule has 0 amide bonds. The van der Waals surface area contributed by atoms with Crippen LogP contribution in [0.1, 0.15) is 22.8 Å². The predicted octanol–water partition coefficient (Wildman–Crippen LogP) is 2.41. The number of aromatic nitrogens is 2. The van der Waals surface area contributed by atoms with E-state index in [2.05, 4.69) is 5.10 Å². The van der Waals surface area contributed by atoms with Crippen LogP contribution in [0.3, 0.4) is 0 Å². The van der Waals surface area contributed by atoms with Crippen LogP contribution in [-0.2, 0) is 6.54 Å². The molecule has 1 aromatic carbocycles. The lowest BCUT2D eigenvalue weighted by Gasteiger charge is -2.01. The molecule has 2 aromatic rings. The number of halogens is 2. The number of rotatable bonds is 3. The predicted molar refractivity (Wildman–Crippen MR) is 57.7 cm³/mol. The van der Waals surface area contributed by atoms with Crippen molar-refractivity contribution in [3.63, 3.8) is 0 Å². The Bertz CT molecular complexity index is 543. The molecule has 0 saturated carbocycles. The molecule has 1 heterocycles. The van der Waals surface area contributed by atoms with E-state index < -0.39 is 23.0 Å². The largest absolute Gasteiger partial charge is 0.288 e. The van der Waals surface area contributed by atoms with E-state index in [1.807, 2.05) is 6.92 Å². The Labute approximate surface area is 96.7 Å². The summed E-state index contributed by atoms with van der Waals surface area (Å²) in [6.45, 7) is 2.44. The maximum atomic E-state index is 13.4. The van der Waals surface area contributed by atoms with E-state index in [4.69, 9.17) is 0 Å². The van der Waals surface area contributed by atoms with Gasteiger partial charge in [-0.3, -0.25) is 9.48 Å². The van der Waals surface area contributed by atoms with Crippen molar-refractivity contribution in [3.8, 4) is 0 Å². The van der Waals surface area contributed by atoms with Gasteiger partial charge >= 0.3 is 0 Å². The fourth-order valence-corrected chi connectivity index (χ4v) is 1.51. The minimum atomic E-state index is -0.862. The first kappa shape index (κ1) is 11.4. The van der Waals surface area contributed by atoms with Gasteiger partial charge in [0.25, 0.3) is 0 Å². The van der Waals surface area contributed by atoms with Crippen molar-refractivity contribution >= 4 is 5.78 Å². The van der Waals surface area contributed by atoms with E-state index >= 15 is 0 Å². The van der Waals surface area contributed by atoms with Crippen molar-refractivity contribution in [2.45, 2.75) is 13.5 Å². The Kier molecular flexibility index (Phi) is 2.99. The third kappa shape index (κ3) is 2.08. The molecule has 0 fully saturated rings. The van der Waals surface area contributed by atoms with Crippen LogP contribution in [0.25, 0.3) is 0 Å². The summed E-state index contributed by atoms with van der Waals surface area (Å²) in [4.78, 5) is 11.9. The SMILES string of the molecule is CCn1cc(C(=O)c2c(F)cccc2F)cn1. The van der Waals surface area contributed by atoms with Crippen LogP contribution in [0, 0.1) is 11.6 Å². The smallest absolute Gasteiger partial charge is 0.202 e. The topological polar surface area (TPSA) is 34.9 Å². The Morgan fingerprint density at radius 2 is 2.00 bits per heavy atom. The normalized spacial score (nSPS) is 10.5. The van der Waals surface area contributed by atoms with Gasteiger partial charge in [0, 0.05) is 12.7 Å². The Morgan fingerprint density at radius 1 is 1.35 bits per heavy atom. The summed E-state index contributed by atoms with van der Waals surface area (Å²) in [7, 11) is 0. The number of carbonyl (C=O) groups excluding carboxylic acids is 1. The molecule has 0 aliphatic carbocycles. The monoisotopic (exact) mass is 236 g/mol. The maximum absolute atomic E-state index is 13.4. The van der Waals surface area contributed by atoms with E-state index in [9.17, 15) is 13.6 Å². The van der Waals surface area contributed by atoms with Crippen molar-refractivity contribution in [1.82, 2.24) is 9.78 Å². The quantitative estimate of drug-likeness (QED) is 0.767. The van der Waals surface area contributed by atoms with E-state index in [0.717, 1.165) is 12.1 Å². The number of ketones is 1. The lowest BCUT2D eigenvalue weighted by Crippen LogP contribution is -2.06. The van der Waals surface area contributed by atoms with Gasteiger partial charge in [0.05, 0.1) is 17.3 Å². The van der Waals surface area contributed by atoms with Gasteiger partial charge in [-0.2, -0.15) is 5.10 Å². The van der Waals surface area contributed by atoms with E-state index in [0.29, 0.717) is 6.54 Å². The van der Waals surface area contributed by atoms with Gasteiger partial charge in [0.15, 0.2) is 0 Å². The van der Waals surface area contributed by atoms with Crippen LogP contribution in [0.2, 0.25) is 0 Å². The first-order valence-electron chi connectivity index (χ1n) is 5.14. The molecule has 0 N–H and O–H groups in total. The zero-order valence-electron chi connectivity index (χ0n) is 9.15. The number of nitrogens with zero attached hydrogens (tertiary/aromatic N) is 2. The van der Waals surface area contributed by atoms with Crippen LogP contribution in [0.15, 0.2) is 30.6 Å². The number of carbonyl (C=O) groups is 1. The molecule has 0 spiro atoms. The molecule has 0 radical (unpaired) electrons. The molecule has 0 unspecified atom stereocenters. The lowest BCUT2D eigenvalue weighted by atomic mass is 10.1. The van der Waals surface area contributed by atoms with E-state index in [1.54, 1.807) is 0 Å². The Morgan fingerprint density at radius 3 is 2.53 bits per heavy atom. The van der Waals surface area contributed by atoms with Gasteiger partial charge in [-0.15, -0.1) is 0 Å². The zero-order valence-corrected chi connectivity index (χ0v) is 9.15. The Hall–Kier alpha value is -2.04. The van der Waals surface area contributed by atoms with Crippen molar-refractivity contribution in [2.75, 3.05) is 0 Å². The first-order valence-corrected chi connectivity index (χ1v) is 5.14. The molecule has 0 bridgehead atoms. The summed E-state index contributed by atoms with van der Waals surface area (Å²) in [6.07, 6.45) is 2.77. The molecular formula is C12H10F2N2O. The fourth-order valence-electron chi connectivity index (χ4n) is 1.51. The summed E-state index contributed by atoms with van der Waals surface area (Å²) >= 11 is 0. The first-order chi connectivity index (χ1) is 8.13. The molecule has 0 saturated heterocycles. The molecular weight excluding hydrogens is 226 g/mol. The molecule has 88 valence electrons. The molecule has 0 aliphatic heterocycles. The average Bonchev–Trinajstić information content (AvgIpc) is 2.77. The molecule has 5 heteroatoms. The highest BCUT2D eigenvalue weighted by molar-refractivity contribution is 6.09. The highest BCUT2D eigenvalue weighted by Crippen LogP contribution is 2.16. The van der Waals surface area contributed by atoms with E-state index in [-0.39, 0.29) is 5.56 Å². The van der Waals surface area contributed by atoms with Gasteiger partial charge in [-0.1, -0.05) is 6.07 Å². The number of aryl methyl sites for hydroxylation is 1. The maximum Gasteiger partial charge on any atom is 0.202 e. The summed E-state index contributed by atoms with van der Waals surface area (Å²) < 4.78 is 28.3. The van der Waals surface area contributed by atoms with Gasteiger partial charge in [-0.05, 0) is 19.1 Å². The highest BCUT2D eigenvalue weighted by Gasteiger charge is 2.19. The summed E-state index contributed by atoms with van der Waals surface area (Å²) in [5.41, 5.74) is -0.362. The van der Waals surface area contributed by atoms with Crippen LogP contribution in [0.4, 0.5) is 8.78 Å². The van der Waals surface area contributed by atoms with Crippen LogP contribution < -0.4 is 0 Å². The van der Waals surface area contributed by atoms with Crippen molar-refractivity contribution < 1.29 is 13.6 Å². The Balaban J connectivity index is 2.43. The van der Waals surface area contributed by atoms with Gasteiger partial charge in [-0.25, -0.2) is 8.78 Å². The minimum absolute atomic E-state index is 0.177. The molecule has 1 aromatic heterocycles. The zero-order chi connectivity index (χ0) is 12.4. The second-order valence-corrected chi connectivity index (χ2v) is 3.51. The standard InChI is InChI=1S/C12H10F2N2O/c1-2-16-7-8(6-15-16)12(17)11-9(13)4-3-5-10(11)14/h3-7H,2H2,1H3. The molecule has 2 rings (SSSR count). The van der Waals surface area contributed by atoms with Crippen LogP contribution in [0.5, 0.6) is 0 Å². The van der Waals surface area contributed by atoms with Crippen molar-refractivity contribution in [1.29, 1.82) is 0 Å². The number of hydrogen-bond donors (Lipinski definition) is 0. The summed E-state index contributed by atoms with van der Waals surface area (Å²) in [5, 5.41) is 3.89. The van der Waals surface area contributed by atoms with Crippen molar-refractivity contribution in [2.24, 2.45) is 0 Å². The van der Waals surface area contributed by atoms with Crippen LogP contribution in [-0.4, -0.2) is 15.6 Å². The molecule has 0 aliphatic rings. The number of benzene rings is 1. The average molecular weight is 236 g/mol. The fraction of sp³-hybridized carbons (Fsp3) is 0.167. The summed E-state index contributed by atoms with van der Waals surface area (Å²) in [6, 6.07) is 3.33. The van der Waals surface area contributed by atoms with Gasteiger partial charge in [0.1, 0.15) is 11.6 Å². The van der Waals surface area contributed by atoms with Crippen LogP contribution >= 0.6 is 0 Å². The van der Waals surface area contributed by atoms with Gasteiger partial charge in [0.2, 0.25) is 5.78 Å². The molecule has 0 atom stereocenters. The molecule has 3 nitrogen and oxygen atoms in total. The summed E-state index contributed by atoms with van der Waals surface area (Å²) in [5.74, 6) is -2.42. The highest BCUT2D eigenvalue weighted by atomic mass is 19.1. The second-order valence-electron chi connectivity index (χ2n) is 3.51. The number of hydrogen-bond acceptors (Lipinski definition) is 2. The molecule has 17 heavy (non-hydrogen) atoms. The van der Waals surface area contributed by atoms with Gasteiger partial charge < -0.3 is 0 Å². The second kappa shape index (κ2) is 4.45. The van der Waals surface area contributed by atoms with Crippen molar-refractivity contribution in [3.05, 3.63) is 53.4 Å². The third-order valence-electron chi connectivity index (χ3n) is 2.41. The lowest BCUT2D eigenvalue weighted by molar-refractivity contribution is 0.103.